The molecular weight excluding hydrogens is 542 g/mol. The fraction of sp³-hybridized carbons (Fsp3) is 0.212. The van der Waals surface area contributed by atoms with Crippen LogP contribution in [-0.2, 0) is 0 Å². The topological polar surface area (TPSA) is 100.0 Å². The number of ether oxygens (including phenoxy) is 2. The minimum absolute atomic E-state index is 0.174. The maximum absolute atomic E-state index is 9.33. The summed E-state index contributed by atoms with van der Waals surface area (Å²) in [5, 5.41) is 9.33. The van der Waals surface area contributed by atoms with Gasteiger partial charge in [-0.15, -0.1) is 0 Å². The molecule has 5 heterocycles. The van der Waals surface area contributed by atoms with Crippen LogP contribution in [0.4, 0.5) is 34.9 Å². The van der Waals surface area contributed by atoms with E-state index in [-0.39, 0.29) is 6.61 Å². The molecule has 0 saturated carbocycles. The van der Waals surface area contributed by atoms with Crippen LogP contribution in [0.5, 0.6) is 23.3 Å². The normalized spacial score (nSPS) is 12.8. The number of rotatable bonds is 5. The summed E-state index contributed by atoms with van der Waals surface area (Å²) in [5.74, 6) is 6.39. The second-order valence-electron chi connectivity index (χ2n) is 10.1. The molecule has 6 rings (SSSR count). The van der Waals surface area contributed by atoms with Crippen molar-refractivity contribution in [3.63, 3.8) is 0 Å². The highest BCUT2D eigenvalue weighted by atomic mass is 16.5. The Balaban J connectivity index is 1.46. The van der Waals surface area contributed by atoms with Gasteiger partial charge >= 0.3 is 0 Å². The molecule has 1 aliphatic rings. The van der Waals surface area contributed by atoms with Crippen molar-refractivity contribution in [2.24, 2.45) is 0 Å². The number of pyridine rings is 4. The molecular formula is C33H33N7O3. The van der Waals surface area contributed by atoms with Crippen LogP contribution in [0.1, 0.15) is 19.3 Å². The number of fused-ring (bicyclic) bond motifs is 10. The highest BCUT2D eigenvalue weighted by molar-refractivity contribution is 5.65. The molecule has 1 aliphatic heterocycles. The Morgan fingerprint density at radius 2 is 0.977 bits per heavy atom. The predicted molar refractivity (Wildman–Crippen MR) is 168 cm³/mol. The van der Waals surface area contributed by atoms with Crippen LogP contribution in [0.3, 0.4) is 0 Å². The van der Waals surface area contributed by atoms with Crippen molar-refractivity contribution < 1.29 is 14.6 Å². The van der Waals surface area contributed by atoms with Gasteiger partial charge in [-0.25, -0.2) is 9.97 Å². The van der Waals surface area contributed by atoms with Gasteiger partial charge in [-0.3, -0.25) is 0 Å². The summed E-state index contributed by atoms with van der Waals surface area (Å²) < 4.78 is 12.2. The molecule has 0 aliphatic carbocycles. The van der Waals surface area contributed by atoms with Gasteiger partial charge in [0.2, 0.25) is 11.8 Å². The van der Waals surface area contributed by atoms with Crippen molar-refractivity contribution in [3.8, 4) is 23.3 Å². The molecule has 0 amide bonds. The van der Waals surface area contributed by atoms with E-state index in [9.17, 15) is 5.11 Å². The first kappa shape index (κ1) is 27.9. The van der Waals surface area contributed by atoms with Crippen molar-refractivity contribution in [1.29, 1.82) is 0 Å². The average Bonchev–Trinajstić information content (AvgIpc) is 3.04. The first-order chi connectivity index (χ1) is 21.1. The highest BCUT2D eigenvalue weighted by Gasteiger charge is 2.18. The van der Waals surface area contributed by atoms with E-state index in [1.54, 1.807) is 6.07 Å². The molecule has 4 aromatic heterocycles. The minimum Gasteiger partial charge on any atom is -0.439 e. The third-order valence-corrected chi connectivity index (χ3v) is 7.07. The number of hydrogen-bond donors (Lipinski definition) is 1. The van der Waals surface area contributed by atoms with E-state index in [1.807, 2.05) is 115 Å². The summed E-state index contributed by atoms with van der Waals surface area (Å²) in [4.78, 5) is 25.5. The fourth-order valence-corrected chi connectivity index (χ4v) is 4.78. The Bertz CT molecular complexity index is 1580. The van der Waals surface area contributed by atoms with Gasteiger partial charge < -0.3 is 29.3 Å². The minimum atomic E-state index is 0.174. The molecule has 1 N–H and O–H groups in total. The SMILES string of the molecule is CN1c2cccc(n2)Oc2cccc(c2)Oc2cccc(n2)N(C)c2cccc(n2)N(CCCCCO)c2cccc1n2. The van der Waals surface area contributed by atoms with Gasteiger partial charge in [0.05, 0.1) is 0 Å². The average molecular weight is 576 g/mol. The van der Waals surface area contributed by atoms with E-state index in [2.05, 4.69) is 4.90 Å². The number of unbranched alkanes of at least 4 members (excludes halogenated alkanes) is 2. The lowest BCUT2D eigenvalue weighted by Crippen LogP contribution is -2.23. The molecule has 0 saturated heterocycles. The molecule has 0 radical (unpaired) electrons. The first-order valence-corrected chi connectivity index (χ1v) is 14.3. The molecule has 5 aromatic rings. The second kappa shape index (κ2) is 12.7. The lowest BCUT2D eigenvalue weighted by Gasteiger charge is -2.26. The number of aliphatic hydroxyl groups excluding tert-OH is 1. The largest absolute Gasteiger partial charge is 0.439 e. The number of anilines is 6. The summed E-state index contributed by atoms with van der Waals surface area (Å²) in [6.07, 6.45) is 2.51. The van der Waals surface area contributed by atoms with Crippen LogP contribution in [-0.4, -0.2) is 52.3 Å². The van der Waals surface area contributed by atoms with Crippen LogP contribution < -0.4 is 24.2 Å². The summed E-state index contributed by atoms with van der Waals surface area (Å²) in [5.41, 5.74) is 0. The smallest absolute Gasteiger partial charge is 0.221 e. The van der Waals surface area contributed by atoms with Gasteiger partial charge in [0.25, 0.3) is 0 Å². The van der Waals surface area contributed by atoms with E-state index < -0.39 is 0 Å². The Morgan fingerprint density at radius 1 is 0.535 bits per heavy atom. The van der Waals surface area contributed by atoms with Gasteiger partial charge in [-0.05, 0) is 67.8 Å². The molecule has 10 bridgehead atoms. The van der Waals surface area contributed by atoms with E-state index in [4.69, 9.17) is 29.4 Å². The van der Waals surface area contributed by atoms with Crippen LogP contribution in [0, 0.1) is 0 Å². The molecule has 1 aromatic carbocycles. The Kier molecular flexibility index (Phi) is 8.28. The second-order valence-corrected chi connectivity index (χ2v) is 10.1. The van der Waals surface area contributed by atoms with Crippen molar-refractivity contribution in [3.05, 3.63) is 97.1 Å². The number of aliphatic hydroxyl groups is 1. The third-order valence-electron chi connectivity index (χ3n) is 7.07. The lowest BCUT2D eigenvalue weighted by molar-refractivity contribution is 0.283. The standard InChI is InChI=1S/C33H33N7O3/c1-38-26-13-7-17-30(34-26)40(21-4-3-5-22-41)31-18-8-14-27(35-31)39(2)29-16-10-20-33(37-29)43-25-12-6-11-24(23-25)42-32-19-9-15-28(38)36-32/h6-20,23,41H,3-5,21-22H2,1-2H3. The van der Waals surface area contributed by atoms with Crippen LogP contribution in [0.15, 0.2) is 97.1 Å². The summed E-state index contributed by atoms with van der Waals surface area (Å²) >= 11 is 0. The van der Waals surface area contributed by atoms with Crippen molar-refractivity contribution >= 4 is 34.9 Å². The van der Waals surface area contributed by atoms with Crippen molar-refractivity contribution in [2.75, 3.05) is 41.9 Å². The zero-order valence-electron chi connectivity index (χ0n) is 24.2. The Labute approximate surface area is 250 Å². The maximum Gasteiger partial charge on any atom is 0.221 e. The summed E-state index contributed by atoms with van der Waals surface area (Å²) in [6, 6.07) is 30.5. The molecule has 10 heteroatoms. The first-order valence-electron chi connectivity index (χ1n) is 14.3. The fourth-order valence-electron chi connectivity index (χ4n) is 4.78. The molecule has 0 spiro atoms. The Morgan fingerprint density at radius 3 is 1.49 bits per heavy atom. The maximum atomic E-state index is 9.33. The van der Waals surface area contributed by atoms with Gasteiger partial charge in [-0.1, -0.05) is 30.3 Å². The van der Waals surface area contributed by atoms with Crippen molar-refractivity contribution in [1.82, 2.24) is 19.9 Å². The molecule has 0 atom stereocenters. The van der Waals surface area contributed by atoms with E-state index in [1.165, 1.54) is 0 Å². The number of aromatic nitrogens is 4. The molecule has 10 nitrogen and oxygen atoms in total. The van der Waals surface area contributed by atoms with Gasteiger partial charge in [0.15, 0.2) is 0 Å². The molecule has 0 unspecified atom stereocenters. The number of hydrogen-bond acceptors (Lipinski definition) is 10. The zero-order valence-corrected chi connectivity index (χ0v) is 24.2. The van der Waals surface area contributed by atoms with Crippen LogP contribution in [0.25, 0.3) is 0 Å². The zero-order chi connectivity index (χ0) is 29.6. The van der Waals surface area contributed by atoms with E-state index in [0.29, 0.717) is 41.4 Å². The number of benzene rings is 1. The van der Waals surface area contributed by atoms with Crippen molar-refractivity contribution in [2.45, 2.75) is 19.3 Å². The van der Waals surface area contributed by atoms with Crippen LogP contribution >= 0.6 is 0 Å². The lowest BCUT2D eigenvalue weighted by atomic mass is 10.2. The monoisotopic (exact) mass is 575 g/mol. The molecule has 43 heavy (non-hydrogen) atoms. The van der Waals surface area contributed by atoms with Gasteiger partial charge in [0, 0.05) is 45.4 Å². The summed E-state index contributed by atoms with van der Waals surface area (Å²) in [6.45, 7) is 0.856. The molecule has 218 valence electrons. The summed E-state index contributed by atoms with van der Waals surface area (Å²) in [7, 11) is 3.86. The predicted octanol–water partition coefficient (Wildman–Crippen LogP) is 7.00. The van der Waals surface area contributed by atoms with Gasteiger partial charge in [0.1, 0.15) is 46.4 Å². The van der Waals surface area contributed by atoms with Gasteiger partial charge in [-0.2, -0.15) is 9.97 Å². The van der Waals surface area contributed by atoms with E-state index in [0.717, 1.165) is 42.5 Å². The van der Waals surface area contributed by atoms with Crippen LogP contribution in [0.2, 0.25) is 0 Å². The Hall–Kier alpha value is -5.22. The highest BCUT2D eigenvalue weighted by Crippen LogP contribution is 2.32. The number of nitrogens with zero attached hydrogens (tertiary/aromatic N) is 7. The molecule has 0 fully saturated rings. The van der Waals surface area contributed by atoms with E-state index >= 15 is 0 Å². The third kappa shape index (κ3) is 6.49. The quantitative estimate of drug-likeness (QED) is 0.220.